The van der Waals surface area contributed by atoms with Gasteiger partial charge < -0.3 is 4.74 Å². The van der Waals surface area contributed by atoms with E-state index in [2.05, 4.69) is 19.3 Å². The Morgan fingerprint density at radius 2 is 2.12 bits per heavy atom. The Labute approximate surface area is 104 Å². The Hall–Kier alpha value is -0.320. The number of carbonyl (C=O) groups excluding carboxylic acids is 1. The topological polar surface area (TPSA) is 64.3 Å². The van der Waals surface area contributed by atoms with Crippen LogP contribution in [-0.4, -0.2) is 18.6 Å². The molecule has 0 aromatic rings. The molecule has 0 radical (unpaired) electrons. The van der Waals surface area contributed by atoms with Crippen molar-refractivity contribution in [2.45, 2.75) is 46.1 Å². The molecule has 1 aliphatic carbocycles. The zero-order chi connectivity index (χ0) is 11.5. The third-order valence-electron chi connectivity index (χ3n) is 3.33. The van der Waals surface area contributed by atoms with Gasteiger partial charge in [0.25, 0.3) is 0 Å². The number of hydrogen-bond donors (Lipinski definition) is 2. The highest BCUT2D eigenvalue weighted by molar-refractivity contribution is 5.85. The van der Waals surface area contributed by atoms with E-state index in [1.807, 2.05) is 6.92 Å². The summed E-state index contributed by atoms with van der Waals surface area (Å²) < 4.78 is 5.10. The number of hydrogen-bond acceptors (Lipinski definition) is 4. The van der Waals surface area contributed by atoms with Crippen LogP contribution in [-0.2, 0) is 9.53 Å². The first-order chi connectivity index (χ1) is 7.01. The molecule has 16 heavy (non-hydrogen) atoms. The van der Waals surface area contributed by atoms with E-state index in [0.717, 1.165) is 19.3 Å². The zero-order valence-corrected chi connectivity index (χ0v) is 11.1. The highest BCUT2D eigenvalue weighted by Crippen LogP contribution is 2.41. The van der Waals surface area contributed by atoms with Crippen molar-refractivity contribution in [3.63, 3.8) is 0 Å². The van der Waals surface area contributed by atoms with Crippen LogP contribution in [0.15, 0.2) is 0 Å². The van der Waals surface area contributed by atoms with E-state index in [4.69, 9.17) is 10.6 Å². The van der Waals surface area contributed by atoms with Crippen LogP contribution >= 0.6 is 12.4 Å². The molecule has 5 heteroatoms. The molecule has 0 spiro atoms. The first-order valence-electron chi connectivity index (χ1n) is 5.64. The second-order valence-corrected chi connectivity index (χ2v) is 4.94. The monoisotopic (exact) mass is 250 g/mol. The molecule has 0 aromatic carbocycles. The molecule has 0 heterocycles. The van der Waals surface area contributed by atoms with Crippen molar-refractivity contribution < 1.29 is 9.53 Å². The fourth-order valence-corrected chi connectivity index (χ4v) is 2.46. The maximum absolute atomic E-state index is 11.7. The summed E-state index contributed by atoms with van der Waals surface area (Å²) in [6.07, 6.45) is 2.73. The Morgan fingerprint density at radius 3 is 2.56 bits per heavy atom. The van der Waals surface area contributed by atoms with Gasteiger partial charge in [-0.25, -0.2) is 0 Å². The van der Waals surface area contributed by atoms with Gasteiger partial charge in [0, 0.05) is 6.04 Å². The van der Waals surface area contributed by atoms with Gasteiger partial charge in [-0.15, -0.1) is 12.4 Å². The van der Waals surface area contributed by atoms with Crippen LogP contribution in [0.1, 0.15) is 40.0 Å². The smallest absolute Gasteiger partial charge is 0.309 e. The summed E-state index contributed by atoms with van der Waals surface area (Å²) in [6.45, 7) is 6.53. The van der Waals surface area contributed by atoms with Crippen LogP contribution in [0.4, 0.5) is 0 Å². The van der Waals surface area contributed by atoms with E-state index in [-0.39, 0.29) is 29.7 Å². The number of esters is 1. The average molecular weight is 251 g/mol. The van der Waals surface area contributed by atoms with Crippen LogP contribution in [0.5, 0.6) is 0 Å². The Kier molecular flexibility index (Phi) is 6.30. The molecule has 0 amide bonds. The molecule has 0 saturated heterocycles. The first kappa shape index (κ1) is 15.7. The number of halogens is 1. The van der Waals surface area contributed by atoms with E-state index in [1.165, 1.54) is 0 Å². The largest absolute Gasteiger partial charge is 0.466 e. The third-order valence-corrected chi connectivity index (χ3v) is 3.33. The molecule has 4 nitrogen and oxygen atoms in total. The fraction of sp³-hybridized carbons (Fsp3) is 0.909. The van der Waals surface area contributed by atoms with Gasteiger partial charge >= 0.3 is 5.97 Å². The molecule has 2 atom stereocenters. The van der Waals surface area contributed by atoms with Crippen LogP contribution < -0.4 is 11.3 Å². The molecular formula is C11H23ClN2O2. The van der Waals surface area contributed by atoms with Gasteiger partial charge in [-0.05, 0) is 31.6 Å². The molecule has 1 rings (SSSR count). The molecule has 96 valence electrons. The fourth-order valence-electron chi connectivity index (χ4n) is 2.46. The molecule has 1 saturated carbocycles. The predicted molar refractivity (Wildman–Crippen MR) is 66.1 cm³/mol. The lowest BCUT2D eigenvalue weighted by atomic mass is 9.67. The minimum atomic E-state index is -0.0574. The maximum atomic E-state index is 11.7. The number of ether oxygens (including phenoxy) is 1. The van der Waals surface area contributed by atoms with Crippen molar-refractivity contribution in [3.05, 3.63) is 0 Å². The molecule has 3 N–H and O–H groups in total. The van der Waals surface area contributed by atoms with Crippen molar-refractivity contribution in [2.24, 2.45) is 17.2 Å². The summed E-state index contributed by atoms with van der Waals surface area (Å²) in [7, 11) is 0. The van der Waals surface area contributed by atoms with Gasteiger partial charge in [-0.1, -0.05) is 13.8 Å². The Morgan fingerprint density at radius 1 is 1.50 bits per heavy atom. The van der Waals surface area contributed by atoms with Crippen LogP contribution in [0.25, 0.3) is 0 Å². The zero-order valence-electron chi connectivity index (χ0n) is 10.3. The quantitative estimate of drug-likeness (QED) is 0.454. The van der Waals surface area contributed by atoms with Crippen LogP contribution in [0.3, 0.4) is 0 Å². The molecule has 0 aromatic heterocycles. The van der Waals surface area contributed by atoms with E-state index in [1.54, 1.807) is 0 Å². The van der Waals surface area contributed by atoms with E-state index < -0.39 is 0 Å². The van der Waals surface area contributed by atoms with Crippen molar-refractivity contribution in [3.8, 4) is 0 Å². The third kappa shape index (κ3) is 3.61. The van der Waals surface area contributed by atoms with Gasteiger partial charge in [0.05, 0.1) is 12.5 Å². The maximum Gasteiger partial charge on any atom is 0.309 e. The normalized spacial score (nSPS) is 28.0. The molecule has 0 aliphatic heterocycles. The Balaban J connectivity index is 0.00000225. The highest BCUT2D eigenvalue weighted by atomic mass is 35.5. The van der Waals surface area contributed by atoms with Crippen LogP contribution in [0, 0.1) is 11.3 Å². The van der Waals surface area contributed by atoms with Gasteiger partial charge in [-0.2, -0.15) is 0 Å². The van der Waals surface area contributed by atoms with E-state index in [0.29, 0.717) is 12.6 Å². The minimum Gasteiger partial charge on any atom is -0.466 e. The second-order valence-electron chi connectivity index (χ2n) is 4.94. The summed E-state index contributed by atoms with van der Waals surface area (Å²) >= 11 is 0. The van der Waals surface area contributed by atoms with Gasteiger partial charge in [-0.3, -0.25) is 16.1 Å². The molecular weight excluding hydrogens is 228 g/mol. The number of rotatable bonds is 3. The molecule has 1 fully saturated rings. The Bertz CT molecular complexity index is 234. The molecule has 0 unspecified atom stereocenters. The number of nitrogens with one attached hydrogen (secondary N) is 1. The summed E-state index contributed by atoms with van der Waals surface area (Å²) in [6, 6.07) is 0.325. The summed E-state index contributed by atoms with van der Waals surface area (Å²) in [5, 5.41) is 0. The van der Waals surface area contributed by atoms with Gasteiger partial charge in [0.15, 0.2) is 0 Å². The van der Waals surface area contributed by atoms with Crippen molar-refractivity contribution in [1.29, 1.82) is 0 Å². The van der Waals surface area contributed by atoms with Crippen molar-refractivity contribution in [1.82, 2.24) is 5.43 Å². The van der Waals surface area contributed by atoms with E-state index >= 15 is 0 Å². The highest BCUT2D eigenvalue weighted by Gasteiger charge is 2.41. The first-order valence-corrected chi connectivity index (χ1v) is 5.64. The van der Waals surface area contributed by atoms with Gasteiger partial charge in [0.1, 0.15) is 0 Å². The van der Waals surface area contributed by atoms with Crippen LogP contribution in [0.2, 0.25) is 0 Å². The SMILES string of the molecule is CCOC(=O)[C@H]1CC[C@H](NN)CC1(C)C.Cl. The standard InChI is InChI=1S/C11H22N2O2.ClH/c1-4-15-10(14)9-6-5-8(13-12)7-11(9,2)3;/h8-9,13H,4-7,12H2,1-3H3;1H/t8-,9+;/m0./s1. The number of carbonyl (C=O) groups is 1. The van der Waals surface area contributed by atoms with Gasteiger partial charge in [0.2, 0.25) is 0 Å². The lowest BCUT2D eigenvalue weighted by Gasteiger charge is -2.40. The second kappa shape index (κ2) is 6.42. The lowest BCUT2D eigenvalue weighted by Crippen LogP contribution is -2.47. The van der Waals surface area contributed by atoms with Crippen molar-refractivity contribution >= 4 is 18.4 Å². The van der Waals surface area contributed by atoms with Crippen molar-refractivity contribution in [2.75, 3.05) is 6.61 Å². The average Bonchev–Trinajstić information content (AvgIpc) is 2.16. The molecule has 1 aliphatic rings. The van der Waals surface area contributed by atoms with E-state index in [9.17, 15) is 4.79 Å². The summed E-state index contributed by atoms with van der Waals surface area (Å²) in [4.78, 5) is 11.7. The summed E-state index contributed by atoms with van der Waals surface area (Å²) in [5.41, 5.74) is 2.77. The number of nitrogens with two attached hydrogens (primary N) is 1. The summed E-state index contributed by atoms with van der Waals surface area (Å²) in [5.74, 6) is 5.40. The lowest BCUT2D eigenvalue weighted by molar-refractivity contribution is -0.154. The number of hydrazine groups is 1. The molecule has 0 bridgehead atoms. The predicted octanol–water partition coefficient (Wildman–Crippen LogP) is 1.63. The minimum absolute atomic E-state index is 0.